The lowest BCUT2D eigenvalue weighted by atomic mass is 9.93. The Kier molecular flexibility index (Phi) is 4.53. The summed E-state index contributed by atoms with van der Waals surface area (Å²) in [6.45, 7) is 0. The summed E-state index contributed by atoms with van der Waals surface area (Å²) < 4.78 is 0. The molecule has 0 saturated carbocycles. The third kappa shape index (κ3) is 3.80. The van der Waals surface area contributed by atoms with Crippen molar-refractivity contribution in [1.82, 2.24) is 4.98 Å². The summed E-state index contributed by atoms with van der Waals surface area (Å²) in [5.41, 5.74) is 1.78. The van der Waals surface area contributed by atoms with Crippen LogP contribution in [0.4, 0.5) is 0 Å². The molecule has 1 aromatic heterocycles. The van der Waals surface area contributed by atoms with Crippen LogP contribution >= 0.6 is 11.6 Å². The molecule has 1 heterocycles. The van der Waals surface area contributed by atoms with Crippen molar-refractivity contribution in [1.29, 1.82) is 0 Å². The van der Waals surface area contributed by atoms with Gasteiger partial charge >= 0.3 is 5.97 Å². The Morgan fingerprint density at radius 2 is 2.16 bits per heavy atom. The summed E-state index contributed by atoms with van der Waals surface area (Å²) in [5, 5.41) is 9.98. The van der Waals surface area contributed by atoms with Gasteiger partial charge in [0.05, 0.1) is 5.92 Å². The number of halogens is 1. The average molecular weight is 276 g/mol. The van der Waals surface area contributed by atoms with Crippen molar-refractivity contribution in [2.75, 3.05) is 0 Å². The second-order valence-electron chi connectivity index (χ2n) is 4.35. The normalized spacial score (nSPS) is 12.1. The van der Waals surface area contributed by atoms with Crippen LogP contribution in [0.25, 0.3) is 0 Å². The largest absolute Gasteiger partial charge is 0.481 e. The van der Waals surface area contributed by atoms with Crippen LogP contribution in [0, 0.1) is 0 Å². The number of carboxylic acid groups (broad SMARTS) is 1. The zero-order chi connectivity index (χ0) is 13.7. The Bertz CT molecular complexity index is 557. The fourth-order valence-corrected chi connectivity index (χ4v) is 2.23. The van der Waals surface area contributed by atoms with Gasteiger partial charge in [-0.15, -0.1) is 0 Å². The van der Waals surface area contributed by atoms with Crippen molar-refractivity contribution in [3.63, 3.8) is 0 Å². The Hall–Kier alpha value is -1.87. The molecule has 0 aliphatic carbocycles. The van der Waals surface area contributed by atoms with E-state index in [-0.39, 0.29) is 0 Å². The molecule has 4 heteroatoms. The lowest BCUT2D eigenvalue weighted by Gasteiger charge is -2.12. The number of hydrogen-bond acceptors (Lipinski definition) is 2. The molecule has 1 atom stereocenters. The molecule has 3 nitrogen and oxygen atoms in total. The zero-order valence-corrected chi connectivity index (χ0v) is 11.0. The predicted octanol–water partition coefficient (Wildman–Crippen LogP) is 3.54. The van der Waals surface area contributed by atoms with Crippen LogP contribution in [0.2, 0.25) is 5.02 Å². The van der Waals surface area contributed by atoms with E-state index < -0.39 is 11.9 Å². The fraction of sp³-hybridized carbons (Fsp3) is 0.200. The summed E-state index contributed by atoms with van der Waals surface area (Å²) in [6, 6.07) is 11.0. The van der Waals surface area contributed by atoms with Gasteiger partial charge < -0.3 is 5.11 Å². The van der Waals surface area contributed by atoms with Gasteiger partial charge in [0.2, 0.25) is 0 Å². The molecule has 1 N–H and O–H groups in total. The van der Waals surface area contributed by atoms with E-state index >= 15 is 0 Å². The average Bonchev–Trinajstić information content (AvgIpc) is 2.40. The second kappa shape index (κ2) is 6.34. The maximum Gasteiger partial charge on any atom is 0.311 e. The van der Waals surface area contributed by atoms with Gasteiger partial charge in [-0.1, -0.05) is 29.8 Å². The summed E-state index contributed by atoms with van der Waals surface area (Å²) in [5.74, 6) is -1.36. The van der Waals surface area contributed by atoms with Crippen LogP contribution in [0.1, 0.15) is 23.5 Å². The van der Waals surface area contributed by atoms with Crippen molar-refractivity contribution < 1.29 is 9.90 Å². The van der Waals surface area contributed by atoms with E-state index in [0.29, 0.717) is 17.9 Å². The minimum Gasteiger partial charge on any atom is -0.481 e. The van der Waals surface area contributed by atoms with Crippen molar-refractivity contribution in [2.45, 2.75) is 18.8 Å². The monoisotopic (exact) mass is 275 g/mol. The summed E-state index contributed by atoms with van der Waals surface area (Å²) >= 11 is 5.91. The lowest BCUT2D eigenvalue weighted by molar-refractivity contribution is -0.138. The first-order valence-electron chi connectivity index (χ1n) is 6.04. The highest BCUT2D eigenvalue weighted by Crippen LogP contribution is 2.22. The Labute approximate surface area is 116 Å². The van der Waals surface area contributed by atoms with E-state index in [0.717, 1.165) is 11.1 Å². The van der Waals surface area contributed by atoms with Crippen molar-refractivity contribution in [3.05, 3.63) is 64.9 Å². The number of rotatable bonds is 5. The van der Waals surface area contributed by atoms with E-state index in [1.54, 1.807) is 30.6 Å². The van der Waals surface area contributed by atoms with Gasteiger partial charge in [0.25, 0.3) is 0 Å². The number of carboxylic acids is 1. The van der Waals surface area contributed by atoms with E-state index in [1.165, 1.54) is 0 Å². The van der Waals surface area contributed by atoms with E-state index in [9.17, 15) is 9.90 Å². The molecule has 0 aliphatic heterocycles. The second-order valence-corrected chi connectivity index (χ2v) is 4.78. The van der Waals surface area contributed by atoms with Crippen molar-refractivity contribution >= 4 is 17.6 Å². The maximum atomic E-state index is 11.3. The van der Waals surface area contributed by atoms with Gasteiger partial charge in [-0.25, -0.2) is 0 Å². The Morgan fingerprint density at radius 3 is 2.79 bits per heavy atom. The molecule has 0 fully saturated rings. The molecule has 98 valence electrons. The number of benzene rings is 1. The number of pyridine rings is 1. The highest BCUT2D eigenvalue weighted by molar-refractivity contribution is 6.30. The van der Waals surface area contributed by atoms with Gasteiger partial charge in [0.1, 0.15) is 0 Å². The van der Waals surface area contributed by atoms with Crippen LogP contribution in [0.5, 0.6) is 0 Å². The minimum absolute atomic E-state index is 0.529. The summed E-state index contributed by atoms with van der Waals surface area (Å²) in [4.78, 5) is 15.3. The summed E-state index contributed by atoms with van der Waals surface area (Å²) in [6.07, 6.45) is 4.45. The highest BCUT2D eigenvalue weighted by atomic mass is 35.5. The molecule has 1 aromatic carbocycles. The minimum atomic E-state index is -0.824. The Morgan fingerprint density at radius 1 is 1.32 bits per heavy atom. The number of hydrogen-bond donors (Lipinski definition) is 1. The predicted molar refractivity (Wildman–Crippen MR) is 74.4 cm³/mol. The van der Waals surface area contributed by atoms with Crippen LogP contribution in [0.15, 0.2) is 48.8 Å². The maximum absolute atomic E-state index is 11.3. The van der Waals surface area contributed by atoms with Crippen molar-refractivity contribution in [2.24, 2.45) is 0 Å². The van der Waals surface area contributed by atoms with E-state index in [4.69, 9.17) is 11.6 Å². The van der Waals surface area contributed by atoms with Crippen LogP contribution in [0.3, 0.4) is 0 Å². The van der Waals surface area contributed by atoms with E-state index in [2.05, 4.69) is 4.98 Å². The molecule has 0 saturated heterocycles. The highest BCUT2D eigenvalue weighted by Gasteiger charge is 2.19. The molecule has 0 aliphatic rings. The van der Waals surface area contributed by atoms with Gasteiger partial charge in [-0.05, 0) is 42.2 Å². The molecule has 19 heavy (non-hydrogen) atoms. The number of aryl methyl sites for hydroxylation is 1. The lowest BCUT2D eigenvalue weighted by Crippen LogP contribution is -2.12. The van der Waals surface area contributed by atoms with Crippen LogP contribution in [-0.4, -0.2) is 16.1 Å². The summed E-state index contributed by atoms with van der Waals surface area (Å²) in [7, 11) is 0. The van der Waals surface area contributed by atoms with E-state index in [1.807, 2.05) is 18.2 Å². The molecular formula is C15H14ClNO2. The molecule has 0 radical (unpaired) electrons. The molecule has 0 unspecified atom stereocenters. The van der Waals surface area contributed by atoms with Crippen LogP contribution < -0.4 is 0 Å². The smallest absolute Gasteiger partial charge is 0.311 e. The standard InChI is InChI=1S/C15H14ClNO2/c16-13-5-1-3-11(9-13)6-7-14(15(18)19)12-4-2-8-17-10-12/h1-5,8-10,14H,6-7H2,(H,18,19)/t14-/m1/s1. The van der Waals surface area contributed by atoms with Crippen LogP contribution in [-0.2, 0) is 11.2 Å². The zero-order valence-electron chi connectivity index (χ0n) is 10.3. The molecule has 0 bridgehead atoms. The topological polar surface area (TPSA) is 50.2 Å². The van der Waals surface area contributed by atoms with Gasteiger partial charge in [0.15, 0.2) is 0 Å². The Balaban J connectivity index is 2.08. The third-order valence-electron chi connectivity index (χ3n) is 3.00. The van der Waals surface area contributed by atoms with Crippen molar-refractivity contribution in [3.8, 4) is 0 Å². The first-order valence-corrected chi connectivity index (χ1v) is 6.42. The molecule has 0 spiro atoms. The molecule has 0 amide bonds. The quantitative estimate of drug-likeness (QED) is 0.908. The number of aromatic nitrogens is 1. The third-order valence-corrected chi connectivity index (χ3v) is 3.23. The SMILES string of the molecule is O=C(O)[C@H](CCc1cccc(Cl)c1)c1cccnc1. The first-order chi connectivity index (χ1) is 9.16. The number of carbonyl (C=O) groups is 1. The molecule has 2 aromatic rings. The van der Waals surface area contributed by atoms with Gasteiger partial charge in [-0.3, -0.25) is 9.78 Å². The number of nitrogens with zero attached hydrogens (tertiary/aromatic N) is 1. The first kappa shape index (κ1) is 13.6. The fourth-order valence-electron chi connectivity index (χ4n) is 2.02. The number of aliphatic carboxylic acids is 1. The van der Waals surface area contributed by atoms with Gasteiger partial charge in [-0.2, -0.15) is 0 Å². The van der Waals surface area contributed by atoms with Gasteiger partial charge in [0, 0.05) is 17.4 Å². The molecule has 2 rings (SSSR count). The molecular weight excluding hydrogens is 262 g/mol.